The Balaban J connectivity index is 0.00000324. The maximum Gasteiger partial charge on any atom is 0.193 e. The Morgan fingerprint density at radius 3 is 2.79 bits per heavy atom. The molecule has 4 heteroatoms. The fourth-order valence-corrected chi connectivity index (χ4v) is 1.59. The van der Waals surface area contributed by atoms with E-state index in [1.807, 2.05) is 25.1 Å². The molecule has 0 saturated heterocycles. The van der Waals surface area contributed by atoms with Crippen molar-refractivity contribution in [3.63, 3.8) is 0 Å². The van der Waals surface area contributed by atoms with Crippen LogP contribution in [0.3, 0.4) is 0 Å². The molecule has 0 unspecified atom stereocenters. The first-order valence-corrected chi connectivity index (χ1v) is 6.41. The SMILES string of the molecule is CC=CCCN=C(N)Nc1cccc(C(C)C)c1.I. The normalized spacial score (nSPS) is 11.7. The highest BCUT2D eigenvalue weighted by Gasteiger charge is 2.00. The molecule has 0 spiro atoms. The van der Waals surface area contributed by atoms with Gasteiger partial charge in [0.2, 0.25) is 0 Å². The van der Waals surface area contributed by atoms with Crippen LogP contribution in [0.5, 0.6) is 0 Å². The summed E-state index contributed by atoms with van der Waals surface area (Å²) in [5.74, 6) is 0.986. The van der Waals surface area contributed by atoms with Crippen LogP contribution in [0.25, 0.3) is 0 Å². The summed E-state index contributed by atoms with van der Waals surface area (Å²) in [7, 11) is 0. The van der Waals surface area contributed by atoms with Crippen LogP contribution >= 0.6 is 24.0 Å². The van der Waals surface area contributed by atoms with Crippen molar-refractivity contribution < 1.29 is 0 Å². The van der Waals surface area contributed by atoms with Gasteiger partial charge in [0.15, 0.2) is 5.96 Å². The zero-order chi connectivity index (χ0) is 13.4. The van der Waals surface area contributed by atoms with Crippen molar-refractivity contribution in [3.05, 3.63) is 42.0 Å². The van der Waals surface area contributed by atoms with E-state index in [4.69, 9.17) is 5.73 Å². The highest BCUT2D eigenvalue weighted by Crippen LogP contribution is 2.18. The van der Waals surface area contributed by atoms with Gasteiger partial charge in [0, 0.05) is 12.2 Å². The maximum absolute atomic E-state index is 5.83. The molecule has 0 atom stereocenters. The summed E-state index contributed by atoms with van der Waals surface area (Å²) in [6.45, 7) is 7.07. The number of benzene rings is 1. The minimum absolute atomic E-state index is 0. The van der Waals surface area contributed by atoms with Gasteiger partial charge in [-0.25, -0.2) is 0 Å². The Labute approximate surface area is 133 Å². The average molecular weight is 373 g/mol. The molecule has 1 rings (SSSR count). The van der Waals surface area contributed by atoms with E-state index in [2.05, 4.69) is 42.4 Å². The van der Waals surface area contributed by atoms with Crippen molar-refractivity contribution in [1.82, 2.24) is 0 Å². The third-order valence-corrected chi connectivity index (χ3v) is 2.64. The minimum atomic E-state index is 0. The molecule has 0 bridgehead atoms. The van der Waals surface area contributed by atoms with Crippen molar-refractivity contribution >= 4 is 35.6 Å². The van der Waals surface area contributed by atoms with E-state index in [-0.39, 0.29) is 24.0 Å². The fraction of sp³-hybridized carbons (Fsp3) is 0.400. The van der Waals surface area contributed by atoms with Gasteiger partial charge in [-0.1, -0.05) is 38.1 Å². The second kappa shape index (κ2) is 9.83. The van der Waals surface area contributed by atoms with Crippen LogP contribution in [0.1, 0.15) is 38.7 Å². The first-order valence-electron chi connectivity index (χ1n) is 6.41. The van der Waals surface area contributed by atoms with Crippen LogP contribution in [0, 0.1) is 0 Å². The fourth-order valence-electron chi connectivity index (χ4n) is 1.59. The van der Waals surface area contributed by atoms with E-state index in [0.717, 1.165) is 12.1 Å². The molecule has 0 fully saturated rings. The van der Waals surface area contributed by atoms with Crippen LogP contribution in [-0.4, -0.2) is 12.5 Å². The number of halogens is 1. The number of nitrogens with zero attached hydrogens (tertiary/aromatic N) is 1. The van der Waals surface area contributed by atoms with Gasteiger partial charge in [-0.05, 0) is 37.0 Å². The van der Waals surface area contributed by atoms with Gasteiger partial charge in [-0.2, -0.15) is 0 Å². The summed E-state index contributed by atoms with van der Waals surface area (Å²) in [5.41, 5.74) is 8.12. The molecule has 19 heavy (non-hydrogen) atoms. The quantitative estimate of drug-likeness (QED) is 0.268. The van der Waals surface area contributed by atoms with Gasteiger partial charge < -0.3 is 11.1 Å². The number of hydrogen-bond acceptors (Lipinski definition) is 1. The third-order valence-electron chi connectivity index (χ3n) is 2.64. The Bertz CT molecular complexity index is 425. The molecule has 0 saturated carbocycles. The van der Waals surface area contributed by atoms with Crippen molar-refractivity contribution in [2.75, 3.05) is 11.9 Å². The van der Waals surface area contributed by atoms with Gasteiger partial charge in [0.05, 0.1) is 0 Å². The van der Waals surface area contributed by atoms with Gasteiger partial charge in [0.25, 0.3) is 0 Å². The van der Waals surface area contributed by atoms with E-state index >= 15 is 0 Å². The first kappa shape index (κ1) is 18.0. The molecule has 0 aliphatic rings. The lowest BCUT2D eigenvalue weighted by Gasteiger charge is -2.09. The largest absolute Gasteiger partial charge is 0.370 e. The van der Waals surface area contributed by atoms with Gasteiger partial charge in [-0.3, -0.25) is 4.99 Å². The first-order chi connectivity index (χ1) is 8.63. The summed E-state index contributed by atoms with van der Waals surface area (Å²) in [5, 5.41) is 3.12. The molecule has 1 aromatic rings. The van der Waals surface area contributed by atoms with E-state index in [9.17, 15) is 0 Å². The van der Waals surface area contributed by atoms with E-state index in [1.54, 1.807) is 0 Å². The predicted octanol–water partition coefficient (Wildman–Crippen LogP) is 4.12. The number of allylic oxidation sites excluding steroid dienone is 1. The summed E-state index contributed by atoms with van der Waals surface area (Å²) < 4.78 is 0. The number of nitrogens with two attached hydrogens (primary N) is 1. The highest BCUT2D eigenvalue weighted by molar-refractivity contribution is 14.0. The van der Waals surface area contributed by atoms with Gasteiger partial charge >= 0.3 is 0 Å². The number of hydrogen-bond donors (Lipinski definition) is 2. The Hall–Kier alpha value is -1.04. The zero-order valence-corrected chi connectivity index (χ0v) is 14.2. The maximum atomic E-state index is 5.83. The summed E-state index contributed by atoms with van der Waals surface area (Å²) >= 11 is 0. The van der Waals surface area contributed by atoms with E-state index in [0.29, 0.717) is 18.4 Å². The molecule has 0 amide bonds. The number of aliphatic imine (C=N–C) groups is 1. The minimum Gasteiger partial charge on any atom is -0.370 e. The smallest absolute Gasteiger partial charge is 0.193 e. The standard InChI is InChI=1S/C15H23N3.HI/c1-4-5-6-10-17-15(16)18-14-9-7-8-13(11-14)12(2)3;/h4-5,7-9,11-12H,6,10H2,1-3H3,(H3,16,17,18);1H. The second-order valence-electron chi connectivity index (χ2n) is 4.53. The molecule has 106 valence electrons. The lowest BCUT2D eigenvalue weighted by atomic mass is 10.0. The third kappa shape index (κ3) is 7.20. The Morgan fingerprint density at radius 1 is 1.42 bits per heavy atom. The van der Waals surface area contributed by atoms with Crippen molar-refractivity contribution in [3.8, 4) is 0 Å². The zero-order valence-electron chi connectivity index (χ0n) is 11.9. The number of nitrogens with one attached hydrogen (secondary N) is 1. The van der Waals surface area contributed by atoms with Crippen molar-refractivity contribution in [2.45, 2.75) is 33.1 Å². The molecule has 1 aromatic carbocycles. The average Bonchev–Trinajstić information content (AvgIpc) is 2.35. The Kier molecular flexibility index (Phi) is 9.30. The lowest BCUT2D eigenvalue weighted by molar-refractivity contribution is 0.867. The summed E-state index contributed by atoms with van der Waals surface area (Å²) in [6, 6.07) is 8.26. The Morgan fingerprint density at radius 2 is 2.16 bits per heavy atom. The summed E-state index contributed by atoms with van der Waals surface area (Å²) in [4.78, 5) is 4.26. The van der Waals surface area contributed by atoms with Crippen molar-refractivity contribution in [1.29, 1.82) is 0 Å². The van der Waals surface area contributed by atoms with Crippen LogP contribution in [0.4, 0.5) is 5.69 Å². The monoisotopic (exact) mass is 373 g/mol. The number of rotatable bonds is 5. The molecule has 0 aliphatic heterocycles. The van der Waals surface area contributed by atoms with E-state index < -0.39 is 0 Å². The topological polar surface area (TPSA) is 50.4 Å². The molecular formula is C15H24IN3. The molecule has 0 aromatic heterocycles. The van der Waals surface area contributed by atoms with Crippen LogP contribution in [0.15, 0.2) is 41.4 Å². The lowest BCUT2D eigenvalue weighted by Crippen LogP contribution is -2.22. The van der Waals surface area contributed by atoms with Crippen LogP contribution in [-0.2, 0) is 0 Å². The number of guanidine groups is 1. The van der Waals surface area contributed by atoms with Crippen molar-refractivity contribution in [2.24, 2.45) is 10.7 Å². The van der Waals surface area contributed by atoms with Gasteiger partial charge in [-0.15, -0.1) is 24.0 Å². The number of anilines is 1. The molecule has 0 radical (unpaired) electrons. The van der Waals surface area contributed by atoms with Crippen LogP contribution in [0.2, 0.25) is 0 Å². The van der Waals surface area contributed by atoms with Gasteiger partial charge in [0.1, 0.15) is 0 Å². The predicted molar refractivity (Wildman–Crippen MR) is 95.5 cm³/mol. The molecule has 3 nitrogen and oxygen atoms in total. The molecule has 0 heterocycles. The second-order valence-corrected chi connectivity index (χ2v) is 4.53. The molecule has 0 aliphatic carbocycles. The van der Waals surface area contributed by atoms with Crippen LogP contribution < -0.4 is 11.1 Å². The molecule has 3 N–H and O–H groups in total. The summed E-state index contributed by atoms with van der Waals surface area (Å²) in [6.07, 6.45) is 5.02. The van der Waals surface area contributed by atoms with E-state index in [1.165, 1.54) is 5.56 Å². The molecular weight excluding hydrogens is 349 g/mol. The highest BCUT2D eigenvalue weighted by atomic mass is 127.